The summed E-state index contributed by atoms with van der Waals surface area (Å²) in [4.78, 5) is 14.3. The van der Waals surface area contributed by atoms with Gasteiger partial charge in [0.15, 0.2) is 0 Å². The molecule has 4 heteroatoms. The lowest BCUT2D eigenvalue weighted by Crippen LogP contribution is -2.39. The Balaban J connectivity index is 1.69. The number of nitrogens with one attached hydrogen (secondary N) is 1. The Kier molecular flexibility index (Phi) is 6.90. The van der Waals surface area contributed by atoms with E-state index in [0.717, 1.165) is 49.7 Å². The molecular weight excluding hydrogens is 288 g/mol. The third kappa shape index (κ3) is 5.54. The molecule has 0 atom stereocenters. The van der Waals surface area contributed by atoms with E-state index in [1.807, 2.05) is 31.0 Å². The molecule has 2 rings (SSSR count). The number of amides is 1. The van der Waals surface area contributed by atoms with Crippen LogP contribution in [0.15, 0.2) is 18.2 Å². The van der Waals surface area contributed by atoms with E-state index in [1.54, 1.807) is 0 Å². The molecule has 0 saturated carbocycles. The van der Waals surface area contributed by atoms with E-state index in [1.165, 1.54) is 12.0 Å². The molecule has 1 aliphatic rings. The second kappa shape index (κ2) is 8.92. The van der Waals surface area contributed by atoms with Gasteiger partial charge in [-0.05, 0) is 64.3 Å². The number of benzene rings is 1. The van der Waals surface area contributed by atoms with Gasteiger partial charge in [-0.15, -0.1) is 0 Å². The average molecular weight is 318 g/mol. The second-order valence-corrected chi connectivity index (χ2v) is 6.58. The number of hydrogen-bond acceptors (Lipinski definition) is 3. The van der Waals surface area contributed by atoms with Crippen molar-refractivity contribution in [3.05, 3.63) is 29.3 Å². The van der Waals surface area contributed by atoms with E-state index < -0.39 is 0 Å². The summed E-state index contributed by atoms with van der Waals surface area (Å²) in [6.07, 6.45) is 3.94. The Labute approximate surface area is 140 Å². The van der Waals surface area contributed by atoms with E-state index in [-0.39, 0.29) is 5.91 Å². The fourth-order valence-electron chi connectivity index (χ4n) is 3.19. The van der Waals surface area contributed by atoms with Crippen LogP contribution in [-0.2, 0) is 4.79 Å². The van der Waals surface area contributed by atoms with Crippen LogP contribution in [0.4, 0.5) is 0 Å². The molecule has 0 bridgehead atoms. The molecule has 1 aliphatic heterocycles. The number of carbonyl (C=O) groups excluding carboxylic acids is 1. The van der Waals surface area contributed by atoms with E-state index in [4.69, 9.17) is 4.74 Å². The molecule has 0 radical (unpaired) electrons. The zero-order valence-corrected chi connectivity index (χ0v) is 14.7. The number of hydrogen-bond donors (Lipinski definition) is 1. The first-order chi connectivity index (χ1) is 11.1. The lowest BCUT2D eigenvalue weighted by Gasteiger charge is -2.32. The lowest BCUT2D eigenvalue weighted by molar-refractivity contribution is -0.133. The van der Waals surface area contributed by atoms with Gasteiger partial charge in [-0.1, -0.05) is 17.7 Å². The zero-order chi connectivity index (χ0) is 16.7. The van der Waals surface area contributed by atoms with E-state index in [2.05, 4.69) is 18.3 Å². The Hall–Kier alpha value is -1.55. The maximum Gasteiger partial charge on any atom is 0.225 e. The van der Waals surface area contributed by atoms with Crippen molar-refractivity contribution in [1.29, 1.82) is 0 Å². The predicted octanol–water partition coefficient (Wildman–Crippen LogP) is 2.92. The van der Waals surface area contributed by atoms with Crippen LogP contribution in [0, 0.1) is 19.8 Å². The highest BCUT2D eigenvalue weighted by Gasteiger charge is 2.22. The first kappa shape index (κ1) is 17.8. The summed E-state index contributed by atoms with van der Waals surface area (Å²) < 4.78 is 5.77. The van der Waals surface area contributed by atoms with Crippen molar-refractivity contribution in [2.24, 2.45) is 5.92 Å². The quantitative estimate of drug-likeness (QED) is 0.840. The molecule has 23 heavy (non-hydrogen) atoms. The average Bonchev–Trinajstić information content (AvgIpc) is 2.55. The SMILES string of the molecule is CNCCC1CCN(C(=O)CCOc2ccc(C)cc2C)CC1. The Morgan fingerprint density at radius 3 is 2.70 bits per heavy atom. The molecule has 1 aromatic rings. The Bertz CT molecular complexity index is 508. The highest BCUT2D eigenvalue weighted by atomic mass is 16.5. The summed E-state index contributed by atoms with van der Waals surface area (Å²) >= 11 is 0. The van der Waals surface area contributed by atoms with Gasteiger partial charge in [0.25, 0.3) is 0 Å². The molecule has 0 aliphatic carbocycles. The summed E-state index contributed by atoms with van der Waals surface area (Å²) in [6.45, 7) is 7.44. The molecule has 128 valence electrons. The second-order valence-electron chi connectivity index (χ2n) is 6.58. The molecular formula is C19H30N2O2. The van der Waals surface area contributed by atoms with Crippen LogP contribution in [0.5, 0.6) is 5.75 Å². The molecule has 4 nitrogen and oxygen atoms in total. The molecule has 0 spiro atoms. The molecule has 1 amide bonds. The standard InChI is InChI=1S/C19H30N2O2/c1-15-4-5-18(16(2)14-15)23-13-9-19(22)21-11-7-17(8-12-21)6-10-20-3/h4-5,14,17,20H,6-13H2,1-3H3. The van der Waals surface area contributed by atoms with Crippen LogP contribution < -0.4 is 10.1 Å². The third-order valence-corrected chi connectivity index (χ3v) is 4.67. The number of likely N-dealkylation sites (tertiary alicyclic amines) is 1. The topological polar surface area (TPSA) is 41.6 Å². The Morgan fingerprint density at radius 1 is 1.30 bits per heavy atom. The van der Waals surface area contributed by atoms with Gasteiger partial charge in [-0.25, -0.2) is 0 Å². The summed E-state index contributed by atoms with van der Waals surface area (Å²) in [7, 11) is 1.99. The minimum absolute atomic E-state index is 0.224. The molecule has 1 heterocycles. The molecule has 1 fully saturated rings. The first-order valence-electron chi connectivity index (χ1n) is 8.72. The van der Waals surface area contributed by atoms with Gasteiger partial charge >= 0.3 is 0 Å². The number of ether oxygens (including phenoxy) is 1. The van der Waals surface area contributed by atoms with Gasteiger partial charge < -0.3 is 15.0 Å². The smallest absolute Gasteiger partial charge is 0.225 e. The van der Waals surface area contributed by atoms with Crippen molar-refractivity contribution in [3.8, 4) is 5.75 Å². The van der Waals surface area contributed by atoms with Gasteiger partial charge in [-0.2, -0.15) is 0 Å². The fraction of sp³-hybridized carbons (Fsp3) is 0.632. The minimum Gasteiger partial charge on any atom is -0.493 e. The minimum atomic E-state index is 0.224. The van der Waals surface area contributed by atoms with Crippen LogP contribution in [0.25, 0.3) is 0 Å². The Morgan fingerprint density at radius 2 is 2.04 bits per heavy atom. The molecule has 0 aromatic heterocycles. The highest BCUT2D eigenvalue weighted by Crippen LogP contribution is 2.21. The molecule has 1 aromatic carbocycles. The summed E-state index contributed by atoms with van der Waals surface area (Å²) in [5.74, 6) is 1.87. The van der Waals surface area contributed by atoms with E-state index in [9.17, 15) is 4.79 Å². The van der Waals surface area contributed by atoms with Gasteiger partial charge in [-0.3, -0.25) is 4.79 Å². The van der Waals surface area contributed by atoms with Crippen LogP contribution in [-0.4, -0.2) is 44.1 Å². The first-order valence-corrected chi connectivity index (χ1v) is 8.72. The zero-order valence-electron chi connectivity index (χ0n) is 14.7. The summed E-state index contributed by atoms with van der Waals surface area (Å²) in [6, 6.07) is 6.13. The van der Waals surface area contributed by atoms with Crippen molar-refractivity contribution >= 4 is 5.91 Å². The molecule has 0 unspecified atom stereocenters. The van der Waals surface area contributed by atoms with Crippen molar-refractivity contribution in [2.45, 2.75) is 39.5 Å². The van der Waals surface area contributed by atoms with Crippen molar-refractivity contribution < 1.29 is 9.53 Å². The van der Waals surface area contributed by atoms with Gasteiger partial charge in [0.1, 0.15) is 5.75 Å². The van der Waals surface area contributed by atoms with Crippen LogP contribution in [0.3, 0.4) is 0 Å². The number of rotatable bonds is 7. The van der Waals surface area contributed by atoms with Crippen LogP contribution in [0.2, 0.25) is 0 Å². The maximum atomic E-state index is 12.3. The predicted molar refractivity (Wildman–Crippen MR) is 93.9 cm³/mol. The van der Waals surface area contributed by atoms with E-state index >= 15 is 0 Å². The van der Waals surface area contributed by atoms with Gasteiger partial charge in [0.2, 0.25) is 5.91 Å². The molecule has 1 N–H and O–H groups in total. The van der Waals surface area contributed by atoms with Gasteiger partial charge in [0, 0.05) is 13.1 Å². The number of aryl methyl sites for hydroxylation is 2. The number of piperidine rings is 1. The van der Waals surface area contributed by atoms with Crippen LogP contribution >= 0.6 is 0 Å². The normalized spacial score (nSPS) is 15.7. The number of nitrogens with zero attached hydrogens (tertiary/aromatic N) is 1. The third-order valence-electron chi connectivity index (χ3n) is 4.67. The maximum absolute atomic E-state index is 12.3. The summed E-state index contributed by atoms with van der Waals surface area (Å²) in [5, 5.41) is 3.20. The van der Waals surface area contributed by atoms with Crippen molar-refractivity contribution in [2.75, 3.05) is 33.3 Å². The number of carbonyl (C=O) groups is 1. The van der Waals surface area contributed by atoms with Gasteiger partial charge in [0.05, 0.1) is 13.0 Å². The summed E-state index contributed by atoms with van der Waals surface area (Å²) in [5.41, 5.74) is 2.36. The van der Waals surface area contributed by atoms with E-state index in [0.29, 0.717) is 13.0 Å². The monoisotopic (exact) mass is 318 g/mol. The van der Waals surface area contributed by atoms with Crippen molar-refractivity contribution in [1.82, 2.24) is 10.2 Å². The fourth-order valence-corrected chi connectivity index (χ4v) is 3.19. The van der Waals surface area contributed by atoms with Crippen molar-refractivity contribution in [3.63, 3.8) is 0 Å². The lowest BCUT2D eigenvalue weighted by atomic mass is 9.93. The largest absolute Gasteiger partial charge is 0.493 e. The van der Waals surface area contributed by atoms with Crippen LogP contribution in [0.1, 0.15) is 36.8 Å². The highest BCUT2D eigenvalue weighted by molar-refractivity contribution is 5.76. The molecule has 1 saturated heterocycles.